The van der Waals surface area contributed by atoms with Crippen LogP contribution >= 0.6 is 0 Å². The fraction of sp³-hybridized carbons (Fsp3) is 0.385. The van der Waals surface area contributed by atoms with Crippen LogP contribution in [0.15, 0.2) is 33.8 Å². The Bertz CT molecular complexity index is 762. The van der Waals surface area contributed by atoms with E-state index in [0.29, 0.717) is 12.3 Å². The zero-order chi connectivity index (χ0) is 16.3. The Morgan fingerprint density at radius 3 is 2.73 bits per heavy atom. The molecule has 0 aliphatic heterocycles. The number of hydrogen-bond acceptors (Lipinski definition) is 5. The van der Waals surface area contributed by atoms with Crippen molar-refractivity contribution in [3.05, 3.63) is 35.9 Å². The number of carboxylic acid groups (broad SMARTS) is 1. The van der Waals surface area contributed by atoms with Crippen LogP contribution in [-0.2, 0) is 21.4 Å². The summed E-state index contributed by atoms with van der Waals surface area (Å²) in [7, 11) is -3.92. The summed E-state index contributed by atoms with van der Waals surface area (Å²) in [5.74, 6) is -0.306. The first-order valence-electron chi connectivity index (χ1n) is 6.65. The summed E-state index contributed by atoms with van der Waals surface area (Å²) in [6.45, 7) is 3.84. The first-order chi connectivity index (χ1) is 10.3. The van der Waals surface area contributed by atoms with Crippen LogP contribution < -0.4 is 4.72 Å². The molecule has 1 unspecified atom stereocenters. The minimum Gasteiger partial charge on any atom is -0.481 e. The van der Waals surface area contributed by atoms with E-state index in [2.05, 4.69) is 9.82 Å². The van der Waals surface area contributed by atoms with E-state index in [4.69, 9.17) is 9.52 Å². The lowest BCUT2D eigenvalue weighted by atomic mass is 10.2. The monoisotopic (exact) mass is 327 g/mol. The number of nitrogens with zero attached hydrogens (tertiary/aromatic N) is 2. The van der Waals surface area contributed by atoms with E-state index in [-0.39, 0.29) is 10.8 Å². The third-order valence-corrected chi connectivity index (χ3v) is 4.53. The van der Waals surface area contributed by atoms with Crippen LogP contribution in [0, 0.1) is 6.92 Å². The lowest BCUT2D eigenvalue weighted by molar-refractivity contribution is -0.137. The van der Waals surface area contributed by atoms with Crippen molar-refractivity contribution in [2.24, 2.45) is 0 Å². The van der Waals surface area contributed by atoms with Crippen molar-refractivity contribution in [3.8, 4) is 0 Å². The highest BCUT2D eigenvalue weighted by Gasteiger charge is 2.27. The van der Waals surface area contributed by atoms with E-state index in [1.807, 2.05) is 0 Å². The number of aryl methyl sites for hydroxylation is 2. The molecule has 8 nitrogen and oxygen atoms in total. The van der Waals surface area contributed by atoms with Gasteiger partial charge in [-0.15, -0.1) is 0 Å². The maximum Gasteiger partial charge on any atom is 0.305 e. The molecule has 2 aromatic heterocycles. The number of furan rings is 1. The second-order valence-electron chi connectivity index (χ2n) is 4.71. The van der Waals surface area contributed by atoms with Gasteiger partial charge in [0.15, 0.2) is 5.03 Å². The molecular weight excluding hydrogens is 310 g/mol. The summed E-state index contributed by atoms with van der Waals surface area (Å²) in [6.07, 6.45) is 0.952. The highest BCUT2D eigenvalue weighted by atomic mass is 32.2. The fourth-order valence-electron chi connectivity index (χ4n) is 2.05. The van der Waals surface area contributed by atoms with Crippen molar-refractivity contribution in [2.45, 2.75) is 37.9 Å². The molecule has 0 aromatic carbocycles. The molecule has 2 N–H and O–H groups in total. The maximum absolute atomic E-state index is 12.4. The van der Waals surface area contributed by atoms with E-state index in [1.54, 1.807) is 26.0 Å². The number of aliphatic carboxylic acids is 1. The van der Waals surface area contributed by atoms with Crippen LogP contribution in [0.5, 0.6) is 0 Å². The Morgan fingerprint density at radius 2 is 2.18 bits per heavy atom. The van der Waals surface area contributed by atoms with Crippen LogP contribution in [0.3, 0.4) is 0 Å². The van der Waals surface area contributed by atoms with Gasteiger partial charge >= 0.3 is 5.97 Å². The minimum absolute atomic E-state index is 0.0198. The zero-order valence-electron chi connectivity index (χ0n) is 12.2. The number of carbonyl (C=O) groups is 1. The second-order valence-corrected chi connectivity index (χ2v) is 6.37. The third-order valence-electron chi connectivity index (χ3n) is 3.03. The molecule has 120 valence electrons. The van der Waals surface area contributed by atoms with Gasteiger partial charge in [-0.2, -0.15) is 9.82 Å². The van der Waals surface area contributed by atoms with E-state index in [9.17, 15) is 13.2 Å². The van der Waals surface area contributed by atoms with Crippen molar-refractivity contribution in [2.75, 3.05) is 0 Å². The molecule has 0 aliphatic rings. The lowest BCUT2D eigenvalue weighted by Gasteiger charge is -2.15. The average molecular weight is 327 g/mol. The number of nitrogens with one attached hydrogen (secondary N) is 1. The van der Waals surface area contributed by atoms with Gasteiger partial charge < -0.3 is 9.52 Å². The fourth-order valence-corrected chi connectivity index (χ4v) is 3.44. The van der Waals surface area contributed by atoms with E-state index < -0.39 is 28.5 Å². The molecule has 9 heteroatoms. The number of sulfonamides is 1. The van der Waals surface area contributed by atoms with Gasteiger partial charge in [0.2, 0.25) is 0 Å². The number of aromatic nitrogens is 2. The Morgan fingerprint density at radius 1 is 1.45 bits per heavy atom. The Labute approximate surface area is 127 Å². The third kappa shape index (κ3) is 3.55. The van der Waals surface area contributed by atoms with E-state index in [0.717, 1.165) is 0 Å². The van der Waals surface area contributed by atoms with Crippen LogP contribution in [0.25, 0.3) is 0 Å². The predicted octanol–water partition coefficient (Wildman–Crippen LogP) is 1.30. The molecule has 0 bridgehead atoms. The van der Waals surface area contributed by atoms with Crippen LogP contribution in [0.1, 0.15) is 30.9 Å². The molecule has 0 saturated carbocycles. The highest BCUT2D eigenvalue weighted by molar-refractivity contribution is 7.89. The molecule has 2 aromatic rings. The summed E-state index contributed by atoms with van der Waals surface area (Å²) in [5.41, 5.74) is 0. The largest absolute Gasteiger partial charge is 0.481 e. The van der Waals surface area contributed by atoms with E-state index >= 15 is 0 Å². The van der Waals surface area contributed by atoms with Gasteiger partial charge in [0.1, 0.15) is 11.5 Å². The Balaban J connectivity index is 2.32. The van der Waals surface area contributed by atoms with Crippen molar-refractivity contribution >= 4 is 16.0 Å². The van der Waals surface area contributed by atoms with Crippen molar-refractivity contribution in [1.29, 1.82) is 0 Å². The quantitative estimate of drug-likeness (QED) is 0.792. The van der Waals surface area contributed by atoms with Gasteiger partial charge in [0.05, 0.1) is 18.7 Å². The Hall–Kier alpha value is -2.13. The summed E-state index contributed by atoms with van der Waals surface area (Å²) in [6, 6.07) is 3.57. The number of hydrogen-bond donors (Lipinski definition) is 2. The second kappa shape index (κ2) is 6.32. The molecule has 0 amide bonds. The standard InChI is InChI=1S/C13H17N3O5S/c1-3-16-12(6-7-14-16)22(19,20)15-10(8-13(17)18)11-5-4-9(2)21-11/h4-7,10,15H,3,8H2,1-2H3,(H,17,18). The summed E-state index contributed by atoms with van der Waals surface area (Å²) >= 11 is 0. The molecule has 0 saturated heterocycles. The van der Waals surface area contributed by atoms with Crippen molar-refractivity contribution in [3.63, 3.8) is 0 Å². The zero-order valence-corrected chi connectivity index (χ0v) is 13.0. The molecule has 0 aliphatic carbocycles. The Kier molecular flexibility index (Phi) is 4.67. The number of carboxylic acids is 1. The SMILES string of the molecule is CCn1nccc1S(=O)(=O)NC(CC(=O)O)c1ccc(C)o1. The smallest absolute Gasteiger partial charge is 0.305 e. The van der Waals surface area contributed by atoms with Gasteiger partial charge in [-0.25, -0.2) is 8.42 Å². The van der Waals surface area contributed by atoms with Crippen molar-refractivity contribution < 1.29 is 22.7 Å². The first-order valence-corrected chi connectivity index (χ1v) is 8.14. The summed E-state index contributed by atoms with van der Waals surface area (Å²) < 4.78 is 33.9. The summed E-state index contributed by atoms with van der Waals surface area (Å²) in [5, 5.41) is 12.9. The van der Waals surface area contributed by atoms with Gasteiger partial charge in [-0.1, -0.05) is 0 Å². The highest BCUT2D eigenvalue weighted by Crippen LogP contribution is 2.22. The van der Waals surface area contributed by atoms with E-state index in [1.165, 1.54) is 16.9 Å². The molecule has 0 radical (unpaired) electrons. The summed E-state index contributed by atoms with van der Waals surface area (Å²) in [4.78, 5) is 11.0. The molecule has 2 rings (SSSR count). The molecular formula is C13H17N3O5S. The van der Waals surface area contributed by atoms with Crippen LogP contribution in [0.2, 0.25) is 0 Å². The predicted molar refractivity (Wildman–Crippen MR) is 76.7 cm³/mol. The van der Waals surface area contributed by atoms with Crippen molar-refractivity contribution in [1.82, 2.24) is 14.5 Å². The lowest BCUT2D eigenvalue weighted by Crippen LogP contribution is -2.31. The van der Waals surface area contributed by atoms with Gasteiger partial charge in [-0.05, 0) is 32.0 Å². The topological polar surface area (TPSA) is 114 Å². The van der Waals surface area contributed by atoms with Gasteiger partial charge in [-0.3, -0.25) is 9.48 Å². The maximum atomic E-state index is 12.4. The minimum atomic E-state index is -3.92. The van der Waals surface area contributed by atoms with Crippen LogP contribution in [-0.4, -0.2) is 29.3 Å². The van der Waals surface area contributed by atoms with Crippen LogP contribution in [0.4, 0.5) is 0 Å². The first kappa shape index (κ1) is 16.2. The molecule has 2 heterocycles. The number of rotatable bonds is 7. The van der Waals surface area contributed by atoms with Gasteiger partial charge in [0.25, 0.3) is 10.0 Å². The van der Waals surface area contributed by atoms with Gasteiger partial charge in [0, 0.05) is 6.54 Å². The normalized spacial score (nSPS) is 13.2. The molecule has 22 heavy (non-hydrogen) atoms. The molecule has 0 fully saturated rings. The molecule has 0 spiro atoms. The molecule has 1 atom stereocenters. The average Bonchev–Trinajstić information content (AvgIpc) is 3.05.